The van der Waals surface area contributed by atoms with Crippen molar-refractivity contribution in [3.8, 4) is 6.07 Å². The van der Waals surface area contributed by atoms with Crippen molar-refractivity contribution >= 4 is 38.3 Å². The first kappa shape index (κ1) is 22.3. The van der Waals surface area contributed by atoms with Crippen LogP contribution in [-0.2, 0) is 19.6 Å². The smallest absolute Gasteiger partial charge is 0.252 e. The van der Waals surface area contributed by atoms with Gasteiger partial charge >= 0.3 is 0 Å². The standard InChI is InChI=1S/C26H23N3O4S/c27-17-18-9-12-21(13-10-18)28-25(30)16-24(26(28)31)29(22-7-3-4-8-22)34(32,33)23-14-11-19-5-1-2-6-20(19)15-23/h1-2,5-6,9-15,22,24H,3-4,7-8,16H2. The summed E-state index contributed by atoms with van der Waals surface area (Å²) in [6, 6.07) is 19.2. The lowest BCUT2D eigenvalue weighted by Crippen LogP contribution is -2.49. The Balaban J connectivity index is 1.54. The Morgan fingerprint density at radius 2 is 1.59 bits per heavy atom. The molecule has 2 amide bonds. The van der Waals surface area contributed by atoms with Gasteiger partial charge in [0.1, 0.15) is 6.04 Å². The van der Waals surface area contributed by atoms with Crippen LogP contribution < -0.4 is 4.90 Å². The second kappa shape index (κ2) is 8.67. The van der Waals surface area contributed by atoms with E-state index < -0.39 is 27.9 Å². The summed E-state index contributed by atoms with van der Waals surface area (Å²) in [4.78, 5) is 27.6. The molecule has 0 bridgehead atoms. The van der Waals surface area contributed by atoms with Crippen LogP contribution >= 0.6 is 0 Å². The van der Waals surface area contributed by atoms with Gasteiger partial charge in [0, 0.05) is 6.04 Å². The van der Waals surface area contributed by atoms with Gasteiger partial charge in [-0.25, -0.2) is 13.3 Å². The summed E-state index contributed by atoms with van der Waals surface area (Å²) < 4.78 is 29.2. The molecular weight excluding hydrogens is 450 g/mol. The second-order valence-electron chi connectivity index (χ2n) is 8.73. The molecule has 1 heterocycles. The Bertz CT molecular complexity index is 1420. The van der Waals surface area contributed by atoms with E-state index in [9.17, 15) is 18.0 Å². The minimum Gasteiger partial charge on any atom is -0.274 e. The van der Waals surface area contributed by atoms with Crippen molar-refractivity contribution in [2.24, 2.45) is 0 Å². The highest BCUT2D eigenvalue weighted by molar-refractivity contribution is 7.89. The maximum Gasteiger partial charge on any atom is 0.252 e. The number of benzene rings is 3. The van der Waals surface area contributed by atoms with Gasteiger partial charge in [-0.2, -0.15) is 9.57 Å². The first-order valence-electron chi connectivity index (χ1n) is 11.3. The SMILES string of the molecule is N#Cc1ccc(N2C(=O)CC(N(C3CCCC3)S(=O)(=O)c3ccc4ccccc4c3)C2=O)cc1. The average Bonchev–Trinajstić information content (AvgIpc) is 3.47. The third kappa shape index (κ3) is 3.77. The van der Waals surface area contributed by atoms with E-state index in [1.807, 2.05) is 30.3 Å². The Morgan fingerprint density at radius 3 is 2.26 bits per heavy atom. The topological polar surface area (TPSA) is 98.5 Å². The predicted molar refractivity (Wildman–Crippen MR) is 127 cm³/mol. The number of amides is 2. The molecular formula is C26H23N3O4S. The summed E-state index contributed by atoms with van der Waals surface area (Å²) in [5, 5.41) is 10.7. The predicted octanol–water partition coefficient (Wildman–Crippen LogP) is 3.98. The maximum atomic E-state index is 13.9. The molecule has 0 radical (unpaired) electrons. The molecule has 34 heavy (non-hydrogen) atoms. The summed E-state index contributed by atoms with van der Waals surface area (Å²) in [6.45, 7) is 0. The van der Waals surface area contributed by atoms with Crippen molar-refractivity contribution in [3.05, 3.63) is 72.3 Å². The third-order valence-corrected chi connectivity index (χ3v) is 8.62. The molecule has 0 spiro atoms. The fourth-order valence-electron chi connectivity index (χ4n) is 5.00. The minimum absolute atomic E-state index is 0.121. The number of imide groups is 1. The van der Waals surface area contributed by atoms with Gasteiger partial charge in [-0.05, 0) is 60.0 Å². The van der Waals surface area contributed by atoms with Gasteiger partial charge in [0.15, 0.2) is 0 Å². The zero-order valence-corrected chi connectivity index (χ0v) is 19.2. The minimum atomic E-state index is -4.04. The molecule has 0 N–H and O–H groups in total. The molecule has 1 unspecified atom stereocenters. The summed E-state index contributed by atoms with van der Waals surface area (Å²) in [5.41, 5.74) is 0.747. The molecule has 1 saturated carbocycles. The summed E-state index contributed by atoms with van der Waals surface area (Å²) in [5.74, 6) is -0.998. The number of carbonyl (C=O) groups is 2. The molecule has 0 aromatic heterocycles. The lowest BCUT2D eigenvalue weighted by Gasteiger charge is -2.32. The molecule has 172 valence electrons. The highest BCUT2D eigenvalue weighted by Crippen LogP contribution is 2.36. The summed E-state index contributed by atoms with van der Waals surface area (Å²) in [6.07, 6.45) is 2.86. The fourth-order valence-corrected chi connectivity index (χ4v) is 6.86. The van der Waals surface area contributed by atoms with Crippen molar-refractivity contribution < 1.29 is 18.0 Å². The molecule has 1 atom stereocenters. The number of sulfonamides is 1. The molecule has 5 rings (SSSR count). The van der Waals surface area contributed by atoms with Gasteiger partial charge < -0.3 is 0 Å². The number of carbonyl (C=O) groups excluding carboxylic acids is 2. The van der Waals surface area contributed by atoms with Crippen LogP contribution in [0.15, 0.2) is 71.6 Å². The van der Waals surface area contributed by atoms with Crippen molar-refractivity contribution in [1.29, 1.82) is 5.26 Å². The Labute approximate surface area is 198 Å². The number of hydrogen-bond acceptors (Lipinski definition) is 5. The van der Waals surface area contributed by atoms with E-state index in [1.165, 1.54) is 28.6 Å². The normalized spacial score (nSPS) is 19.3. The van der Waals surface area contributed by atoms with Crippen molar-refractivity contribution in [1.82, 2.24) is 4.31 Å². The quantitative estimate of drug-likeness (QED) is 0.522. The first-order chi connectivity index (χ1) is 16.4. The molecule has 8 heteroatoms. The first-order valence-corrected chi connectivity index (χ1v) is 12.7. The summed E-state index contributed by atoms with van der Waals surface area (Å²) in [7, 11) is -4.04. The molecule has 2 aliphatic rings. The number of fused-ring (bicyclic) bond motifs is 1. The van der Waals surface area contributed by atoms with E-state index in [1.54, 1.807) is 18.2 Å². The van der Waals surface area contributed by atoms with Crippen LogP contribution in [0, 0.1) is 11.3 Å². The van der Waals surface area contributed by atoms with Crippen LogP contribution in [0.4, 0.5) is 5.69 Å². The Hall–Kier alpha value is -3.54. The van der Waals surface area contributed by atoms with Crippen LogP contribution in [0.2, 0.25) is 0 Å². The van der Waals surface area contributed by atoms with Crippen molar-refractivity contribution in [2.75, 3.05) is 4.90 Å². The fraction of sp³-hybridized carbons (Fsp3) is 0.269. The molecule has 1 aliphatic heterocycles. The molecule has 2 fully saturated rings. The van der Waals surface area contributed by atoms with Gasteiger partial charge in [0.25, 0.3) is 5.91 Å². The number of rotatable bonds is 5. The number of anilines is 1. The third-order valence-electron chi connectivity index (χ3n) is 6.67. The van der Waals surface area contributed by atoms with Crippen LogP contribution in [0.3, 0.4) is 0 Å². The van der Waals surface area contributed by atoms with Crippen LogP contribution in [0.1, 0.15) is 37.7 Å². The summed E-state index contributed by atoms with van der Waals surface area (Å²) >= 11 is 0. The van der Waals surface area contributed by atoms with E-state index in [-0.39, 0.29) is 17.4 Å². The zero-order valence-electron chi connectivity index (χ0n) is 18.4. The van der Waals surface area contributed by atoms with Gasteiger partial charge in [0.2, 0.25) is 15.9 Å². The van der Waals surface area contributed by atoms with E-state index in [0.29, 0.717) is 24.1 Å². The van der Waals surface area contributed by atoms with E-state index >= 15 is 0 Å². The van der Waals surface area contributed by atoms with E-state index in [2.05, 4.69) is 0 Å². The molecule has 1 aliphatic carbocycles. The maximum absolute atomic E-state index is 13.9. The molecule has 7 nitrogen and oxygen atoms in total. The van der Waals surface area contributed by atoms with Crippen LogP contribution in [0.25, 0.3) is 10.8 Å². The lowest BCUT2D eigenvalue weighted by atomic mass is 10.1. The highest BCUT2D eigenvalue weighted by Gasteiger charge is 2.49. The lowest BCUT2D eigenvalue weighted by molar-refractivity contribution is -0.122. The Kier molecular flexibility index (Phi) is 5.68. The van der Waals surface area contributed by atoms with Crippen LogP contribution in [-0.4, -0.2) is 36.6 Å². The average molecular weight is 474 g/mol. The van der Waals surface area contributed by atoms with E-state index in [4.69, 9.17) is 5.26 Å². The molecule has 3 aromatic carbocycles. The van der Waals surface area contributed by atoms with Crippen molar-refractivity contribution in [3.63, 3.8) is 0 Å². The largest absolute Gasteiger partial charge is 0.274 e. The number of nitrogens with zero attached hydrogens (tertiary/aromatic N) is 3. The molecule has 1 saturated heterocycles. The van der Waals surface area contributed by atoms with Gasteiger partial charge in [-0.1, -0.05) is 43.2 Å². The zero-order chi connectivity index (χ0) is 23.9. The van der Waals surface area contributed by atoms with Crippen LogP contribution in [0.5, 0.6) is 0 Å². The van der Waals surface area contributed by atoms with Gasteiger partial charge in [-0.15, -0.1) is 0 Å². The Morgan fingerprint density at radius 1 is 0.912 bits per heavy atom. The van der Waals surface area contributed by atoms with Gasteiger partial charge in [0.05, 0.1) is 28.6 Å². The second-order valence-corrected chi connectivity index (χ2v) is 10.6. The number of nitriles is 1. The van der Waals surface area contributed by atoms with E-state index in [0.717, 1.165) is 28.5 Å². The monoisotopic (exact) mass is 473 g/mol. The van der Waals surface area contributed by atoms with Gasteiger partial charge in [-0.3, -0.25) is 9.59 Å². The number of hydrogen-bond donors (Lipinski definition) is 0. The highest BCUT2D eigenvalue weighted by atomic mass is 32.2. The van der Waals surface area contributed by atoms with Crippen molar-refractivity contribution in [2.45, 2.75) is 49.1 Å². The molecule has 3 aromatic rings.